The SMILES string of the molecule is Cc1[nH]c2ncccc2c1-c1nc(NC2C3CCC(CC3)C2C(=O)O)cc(-c2ccccc2)n1. The molecule has 3 N–H and O–H groups in total. The predicted octanol–water partition coefficient (Wildman–Crippen LogP) is 5.30. The Balaban J connectivity index is 1.47. The molecule has 0 radical (unpaired) electrons. The standard InChI is InChI=1S/C27H27N5O2/c1-15-22(19-8-5-13-28-25(19)29-15)26-30-20(16-6-3-2-4-7-16)14-21(32-26)31-24-18-11-9-17(10-12-18)23(24)27(33)34/h2-8,13-14,17-18,23-24H,9-12H2,1H3,(H,28,29)(H,33,34)(H,30,31,32). The molecule has 1 aromatic carbocycles. The van der Waals surface area contributed by atoms with Crippen molar-refractivity contribution in [3.8, 4) is 22.6 Å². The molecule has 7 heteroatoms. The fraction of sp³-hybridized carbons (Fsp3) is 0.333. The Morgan fingerprint density at radius 2 is 1.79 bits per heavy atom. The van der Waals surface area contributed by atoms with Crippen molar-refractivity contribution in [2.75, 3.05) is 5.32 Å². The molecule has 2 bridgehead atoms. The van der Waals surface area contributed by atoms with Gasteiger partial charge < -0.3 is 15.4 Å². The van der Waals surface area contributed by atoms with Crippen LogP contribution in [0, 0.1) is 24.7 Å². The van der Waals surface area contributed by atoms with E-state index in [1.54, 1.807) is 6.20 Å². The number of H-pyrrole nitrogens is 1. The first-order chi connectivity index (χ1) is 16.6. The number of aromatic nitrogens is 4. The van der Waals surface area contributed by atoms with Crippen molar-refractivity contribution in [2.24, 2.45) is 17.8 Å². The quantitative estimate of drug-likeness (QED) is 0.379. The first kappa shape index (κ1) is 20.8. The first-order valence-electron chi connectivity index (χ1n) is 12.0. The third kappa shape index (κ3) is 3.52. The second-order valence-corrected chi connectivity index (χ2v) is 9.56. The number of carboxylic acid groups (broad SMARTS) is 1. The number of carbonyl (C=O) groups is 1. The van der Waals surface area contributed by atoms with Gasteiger partial charge in [-0.25, -0.2) is 15.0 Å². The molecule has 4 aromatic rings. The number of fused-ring (bicyclic) bond motifs is 4. The zero-order valence-electron chi connectivity index (χ0n) is 19.0. The van der Waals surface area contributed by atoms with Gasteiger partial charge in [0.15, 0.2) is 5.82 Å². The van der Waals surface area contributed by atoms with Crippen molar-refractivity contribution >= 4 is 22.8 Å². The van der Waals surface area contributed by atoms with E-state index in [1.165, 1.54) is 0 Å². The molecule has 3 aromatic heterocycles. The molecule has 3 fully saturated rings. The van der Waals surface area contributed by atoms with Crippen LogP contribution < -0.4 is 5.32 Å². The van der Waals surface area contributed by atoms with Crippen molar-refractivity contribution in [3.63, 3.8) is 0 Å². The van der Waals surface area contributed by atoms with E-state index < -0.39 is 5.97 Å². The molecule has 3 saturated carbocycles. The molecule has 7 nitrogen and oxygen atoms in total. The third-order valence-corrected chi connectivity index (χ3v) is 7.60. The maximum atomic E-state index is 12.2. The van der Waals surface area contributed by atoms with E-state index in [0.717, 1.165) is 59.2 Å². The van der Waals surface area contributed by atoms with E-state index in [2.05, 4.69) is 15.3 Å². The number of carboxylic acids is 1. The maximum absolute atomic E-state index is 12.2. The average Bonchev–Trinajstić information content (AvgIpc) is 3.20. The zero-order valence-corrected chi connectivity index (χ0v) is 19.0. The molecule has 0 amide bonds. The predicted molar refractivity (Wildman–Crippen MR) is 131 cm³/mol. The number of aliphatic carboxylic acids is 1. The Morgan fingerprint density at radius 3 is 2.56 bits per heavy atom. The van der Waals surface area contributed by atoms with Crippen LogP contribution in [-0.4, -0.2) is 37.1 Å². The van der Waals surface area contributed by atoms with Crippen LogP contribution in [0.3, 0.4) is 0 Å². The molecule has 3 aliphatic carbocycles. The highest BCUT2D eigenvalue weighted by Crippen LogP contribution is 2.46. The van der Waals surface area contributed by atoms with Gasteiger partial charge in [0, 0.05) is 40.5 Å². The van der Waals surface area contributed by atoms with Crippen molar-refractivity contribution in [1.29, 1.82) is 0 Å². The van der Waals surface area contributed by atoms with Crippen molar-refractivity contribution in [1.82, 2.24) is 19.9 Å². The highest BCUT2D eigenvalue weighted by Gasteiger charge is 2.47. The third-order valence-electron chi connectivity index (χ3n) is 7.60. The van der Waals surface area contributed by atoms with Crippen LogP contribution in [0.25, 0.3) is 33.7 Å². The molecule has 3 heterocycles. The zero-order chi connectivity index (χ0) is 23.2. The Morgan fingerprint density at radius 1 is 1.03 bits per heavy atom. The number of aryl methyl sites for hydroxylation is 1. The number of pyridine rings is 1. The van der Waals surface area contributed by atoms with E-state index in [0.29, 0.717) is 17.6 Å². The first-order valence-corrected chi connectivity index (χ1v) is 12.0. The molecular weight excluding hydrogens is 426 g/mol. The number of hydrogen-bond acceptors (Lipinski definition) is 5. The number of rotatable bonds is 5. The highest BCUT2D eigenvalue weighted by molar-refractivity contribution is 5.94. The van der Waals surface area contributed by atoms with Gasteiger partial charge >= 0.3 is 5.97 Å². The Labute approximate surface area is 197 Å². The van der Waals surface area contributed by atoms with Crippen LogP contribution >= 0.6 is 0 Å². The second-order valence-electron chi connectivity index (χ2n) is 9.56. The molecule has 0 saturated heterocycles. The van der Waals surface area contributed by atoms with Gasteiger partial charge in [-0.3, -0.25) is 4.79 Å². The molecule has 0 spiro atoms. The number of anilines is 1. The van der Waals surface area contributed by atoms with Crippen LogP contribution in [0.5, 0.6) is 0 Å². The van der Waals surface area contributed by atoms with Crippen LogP contribution in [0.1, 0.15) is 31.4 Å². The van der Waals surface area contributed by atoms with Crippen LogP contribution in [0.15, 0.2) is 54.7 Å². The lowest BCUT2D eigenvalue weighted by molar-refractivity contribution is -0.148. The monoisotopic (exact) mass is 453 g/mol. The van der Waals surface area contributed by atoms with Crippen LogP contribution in [0.2, 0.25) is 0 Å². The van der Waals surface area contributed by atoms with Gasteiger partial charge in [0.1, 0.15) is 11.5 Å². The van der Waals surface area contributed by atoms with Gasteiger partial charge in [0.25, 0.3) is 0 Å². The molecular formula is C27H27N5O2. The highest BCUT2D eigenvalue weighted by atomic mass is 16.4. The summed E-state index contributed by atoms with van der Waals surface area (Å²) in [6, 6.07) is 15.8. The van der Waals surface area contributed by atoms with Crippen LogP contribution in [0.4, 0.5) is 5.82 Å². The number of nitrogens with one attached hydrogen (secondary N) is 2. The molecule has 172 valence electrons. The minimum Gasteiger partial charge on any atom is -0.481 e. The Kier molecular flexibility index (Phi) is 5.05. The van der Waals surface area contributed by atoms with Gasteiger partial charge in [-0.1, -0.05) is 30.3 Å². The van der Waals surface area contributed by atoms with Gasteiger partial charge in [0.2, 0.25) is 0 Å². The topological polar surface area (TPSA) is 104 Å². The Bertz CT molecular complexity index is 1360. The lowest BCUT2D eigenvalue weighted by atomic mass is 9.61. The van der Waals surface area contributed by atoms with E-state index >= 15 is 0 Å². The van der Waals surface area contributed by atoms with E-state index in [-0.39, 0.29) is 17.9 Å². The van der Waals surface area contributed by atoms with E-state index in [9.17, 15) is 9.90 Å². The summed E-state index contributed by atoms with van der Waals surface area (Å²) in [4.78, 5) is 29.8. The lowest BCUT2D eigenvalue weighted by Crippen LogP contribution is -2.51. The fourth-order valence-corrected chi connectivity index (χ4v) is 6.01. The fourth-order valence-electron chi connectivity index (χ4n) is 6.01. The average molecular weight is 454 g/mol. The number of benzene rings is 1. The summed E-state index contributed by atoms with van der Waals surface area (Å²) in [5.74, 6) is 0.771. The summed E-state index contributed by atoms with van der Waals surface area (Å²) in [6.07, 6.45) is 5.92. The maximum Gasteiger partial charge on any atom is 0.308 e. The molecule has 2 unspecified atom stereocenters. The molecule has 34 heavy (non-hydrogen) atoms. The van der Waals surface area contributed by atoms with Gasteiger partial charge in [-0.2, -0.15) is 0 Å². The molecule has 7 rings (SSSR count). The summed E-state index contributed by atoms with van der Waals surface area (Å²) < 4.78 is 0. The molecule has 0 aliphatic heterocycles. The minimum absolute atomic E-state index is 0.123. The summed E-state index contributed by atoms with van der Waals surface area (Å²) in [7, 11) is 0. The summed E-state index contributed by atoms with van der Waals surface area (Å²) in [6.45, 7) is 2.00. The minimum atomic E-state index is -0.706. The van der Waals surface area contributed by atoms with Crippen molar-refractivity contribution in [2.45, 2.75) is 38.6 Å². The molecule has 2 atom stereocenters. The van der Waals surface area contributed by atoms with Gasteiger partial charge in [-0.15, -0.1) is 0 Å². The number of nitrogens with zero attached hydrogens (tertiary/aromatic N) is 3. The molecule has 3 aliphatic rings. The smallest absolute Gasteiger partial charge is 0.308 e. The largest absolute Gasteiger partial charge is 0.481 e. The number of hydrogen-bond donors (Lipinski definition) is 3. The van der Waals surface area contributed by atoms with Gasteiger partial charge in [0.05, 0.1) is 11.6 Å². The van der Waals surface area contributed by atoms with Gasteiger partial charge in [-0.05, 0) is 56.6 Å². The van der Waals surface area contributed by atoms with Crippen LogP contribution in [-0.2, 0) is 4.79 Å². The number of aromatic amines is 1. The normalized spacial score (nSPS) is 23.8. The Hall–Kier alpha value is -3.74. The van der Waals surface area contributed by atoms with Crippen molar-refractivity contribution in [3.05, 3.63) is 60.4 Å². The van der Waals surface area contributed by atoms with E-state index in [1.807, 2.05) is 55.5 Å². The summed E-state index contributed by atoms with van der Waals surface area (Å²) in [5.41, 5.74) is 4.46. The van der Waals surface area contributed by atoms with Crippen molar-refractivity contribution < 1.29 is 9.90 Å². The summed E-state index contributed by atoms with van der Waals surface area (Å²) in [5, 5.41) is 14.6. The lowest BCUT2D eigenvalue weighted by Gasteiger charge is -2.47. The summed E-state index contributed by atoms with van der Waals surface area (Å²) >= 11 is 0. The van der Waals surface area contributed by atoms with E-state index in [4.69, 9.17) is 9.97 Å². The second kappa shape index (κ2) is 8.24.